The van der Waals surface area contributed by atoms with E-state index in [2.05, 4.69) is 5.32 Å². The highest BCUT2D eigenvalue weighted by atomic mass is 16.3. The second-order valence-electron chi connectivity index (χ2n) is 5.30. The number of carbonyl (C=O) groups excluding carboxylic acids is 1. The lowest BCUT2D eigenvalue weighted by Crippen LogP contribution is -2.49. The molecule has 0 saturated heterocycles. The normalized spacial score (nSPS) is 13.6. The van der Waals surface area contributed by atoms with Crippen LogP contribution >= 0.6 is 0 Å². The van der Waals surface area contributed by atoms with Crippen molar-refractivity contribution in [2.45, 2.75) is 46.7 Å². The monoisotopic (exact) mass is 238 g/mol. The molecule has 0 fully saturated rings. The standard InChI is InChI=1S/C13H22N2O2/c1-5-9-6-7-10(17-9)8-15-11(12(14)16)13(2,3)4/h6-7,11,15H,5,8H2,1-4H3,(H2,14,16)/t11-/m0/s1. The van der Waals surface area contributed by atoms with Crippen molar-refractivity contribution in [1.82, 2.24) is 5.32 Å². The second kappa shape index (κ2) is 5.36. The third-order valence-corrected chi connectivity index (χ3v) is 2.70. The SMILES string of the molecule is CCc1ccc(CN[C@@H](C(N)=O)C(C)(C)C)o1. The topological polar surface area (TPSA) is 68.3 Å². The van der Waals surface area contributed by atoms with Gasteiger partial charge in [0, 0.05) is 6.42 Å². The number of hydrogen-bond donors (Lipinski definition) is 2. The minimum Gasteiger partial charge on any atom is -0.465 e. The lowest BCUT2D eigenvalue weighted by molar-refractivity contribution is -0.122. The maximum Gasteiger partial charge on any atom is 0.235 e. The van der Waals surface area contributed by atoms with Crippen LogP contribution in [0.3, 0.4) is 0 Å². The van der Waals surface area contributed by atoms with E-state index in [1.807, 2.05) is 39.8 Å². The molecule has 0 aliphatic heterocycles. The number of hydrogen-bond acceptors (Lipinski definition) is 3. The molecule has 1 amide bonds. The fourth-order valence-electron chi connectivity index (χ4n) is 1.74. The largest absolute Gasteiger partial charge is 0.465 e. The number of furan rings is 1. The first kappa shape index (κ1) is 13.8. The van der Waals surface area contributed by atoms with Gasteiger partial charge in [-0.25, -0.2) is 0 Å². The van der Waals surface area contributed by atoms with Crippen LogP contribution in [-0.4, -0.2) is 11.9 Å². The van der Waals surface area contributed by atoms with Crippen LogP contribution in [0.15, 0.2) is 16.5 Å². The van der Waals surface area contributed by atoms with Crippen LogP contribution in [0.2, 0.25) is 0 Å². The molecule has 4 heteroatoms. The van der Waals surface area contributed by atoms with Crippen LogP contribution in [-0.2, 0) is 17.8 Å². The Kier molecular flexibility index (Phi) is 4.34. The van der Waals surface area contributed by atoms with E-state index in [0.29, 0.717) is 6.54 Å². The fraction of sp³-hybridized carbons (Fsp3) is 0.615. The van der Waals surface area contributed by atoms with Gasteiger partial charge in [0.05, 0.1) is 12.6 Å². The van der Waals surface area contributed by atoms with E-state index >= 15 is 0 Å². The molecule has 3 N–H and O–H groups in total. The Morgan fingerprint density at radius 2 is 2.00 bits per heavy atom. The first-order valence-electron chi connectivity index (χ1n) is 5.95. The summed E-state index contributed by atoms with van der Waals surface area (Å²) in [4.78, 5) is 11.4. The molecule has 17 heavy (non-hydrogen) atoms. The molecular formula is C13H22N2O2. The Morgan fingerprint density at radius 1 is 1.41 bits per heavy atom. The minimum atomic E-state index is -0.363. The Morgan fingerprint density at radius 3 is 2.41 bits per heavy atom. The van der Waals surface area contributed by atoms with E-state index < -0.39 is 0 Å². The predicted molar refractivity (Wildman–Crippen MR) is 67.4 cm³/mol. The highest BCUT2D eigenvalue weighted by Gasteiger charge is 2.29. The van der Waals surface area contributed by atoms with E-state index in [-0.39, 0.29) is 17.4 Å². The molecular weight excluding hydrogens is 216 g/mol. The Hall–Kier alpha value is -1.29. The fourth-order valence-corrected chi connectivity index (χ4v) is 1.74. The zero-order chi connectivity index (χ0) is 13.1. The van der Waals surface area contributed by atoms with E-state index in [1.165, 1.54) is 0 Å². The molecule has 1 atom stereocenters. The molecule has 0 unspecified atom stereocenters. The summed E-state index contributed by atoms with van der Waals surface area (Å²) < 4.78 is 5.56. The van der Waals surface area contributed by atoms with Gasteiger partial charge >= 0.3 is 0 Å². The number of nitrogens with two attached hydrogens (primary N) is 1. The van der Waals surface area contributed by atoms with E-state index in [0.717, 1.165) is 17.9 Å². The molecule has 0 radical (unpaired) electrons. The molecule has 4 nitrogen and oxygen atoms in total. The zero-order valence-electron chi connectivity index (χ0n) is 11.0. The maximum atomic E-state index is 11.4. The van der Waals surface area contributed by atoms with E-state index in [4.69, 9.17) is 10.2 Å². The number of primary amides is 1. The molecule has 1 aromatic heterocycles. The van der Waals surface area contributed by atoms with Crippen LogP contribution < -0.4 is 11.1 Å². The Labute approximate surface area is 103 Å². The van der Waals surface area contributed by atoms with Crippen LogP contribution in [0.5, 0.6) is 0 Å². The molecule has 0 saturated carbocycles. The lowest BCUT2D eigenvalue weighted by Gasteiger charge is -2.28. The van der Waals surface area contributed by atoms with Gasteiger partial charge in [0.2, 0.25) is 5.91 Å². The van der Waals surface area contributed by atoms with Crippen LogP contribution in [0.25, 0.3) is 0 Å². The summed E-state index contributed by atoms with van der Waals surface area (Å²) in [6, 6.07) is 3.51. The summed E-state index contributed by atoms with van der Waals surface area (Å²) >= 11 is 0. The molecule has 1 heterocycles. The summed E-state index contributed by atoms with van der Waals surface area (Å²) in [6.45, 7) is 8.50. The van der Waals surface area contributed by atoms with Gasteiger partial charge in [0.25, 0.3) is 0 Å². The molecule has 1 aromatic rings. The first-order valence-corrected chi connectivity index (χ1v) is 5.95. The van der Waals surface area contributed by atoms with Gasteiger partial charge in [0.15, 0.2) is 0 Å². The third-order valence-electron chi connectivity index (χ3n) is 2.70. The van der Waals surface area contributed by atoms with Crippen molar-refractivity contribution >= 4 is 5.91 Å². The van der Waals surface area contributed by atoms with Crippen LogP contribution in [0.1, 0.15) is 39.2 Å². The third kappa shape index (κ3) is 3.89. The maximum absolute atomic E-state index is 11.4. The number of nitrogens with one attached hydrogen (secondary N) is 1. The highest BCUT2D eigenvalue weighted by molar-refractivity contribution is 5.80. The Balaban J connectivity index is 2.61. The highest BCUT2D eigenvalue weighted by Crippen LogP contribution is 2.19. The van der Waals surface area contributed by atoms with Crippen molar-refractivity contribution in [2.24, 2.45) is 11.1 Å². The number of carbonyl (C=O) groups is 1. The lowest BCUT2D eigenvalue weighted by atomic mass is 9.86. The summed E-state index contributed by atoms with van der Waals surface area (Å²) in [7, 11) is 0. The van der Waals surface area contributed by atoms with Crippen LogP contribution in [0.4, 0.5) is 0 Å². The average molecular weight is 238 g/mol. The average Bonchev–Trinajstić information content (AvgIpc) is 2.63. The Bertz CT molecular complexity index is 377. The van der Waals surface area contributed by atoms with Crippen molar-refractivity contribution in [2.75, 3.05) is 0 Å². The summed E-state index contributed by atoms with van der Waals surface area (Å²) in [5.74, 6) is 1.45. The molecule has 0 aromatic carbocycles. The zero-order valence-corrected chi connectivity index (χ0v) is 11.0. The van der Waals surface area contributed by atoms with Gasteiger partial charge in [-0.3, -0.25) is 10.1 Å². The smallest absolute Gasteiger partial charge is 0.235 e. The van der Waals surface area contributed by atoms with E-state index in [1.54, 1.807) is 0 Å². The summed E-state index contributed by atoms with van der Waals surface area (Å²) in [5, 5.41) is 3.14. The van der Waals surface area contributed by atoms with Crippen LogP contribution in [0, 0.1) is 5.41 Å². The number of amides is 1. The van der Waals surface area contributed by atoms with Gasteiger partial charge in [-0.2, -0.15) is 0 Å². The van der Waals surface area contributed by atoms with Gasteiger partial charge in [0.1, 0.15) is 11.5 Å². The van der Waals surface area contributed by atoms with Crippen molar-refractivity contribution in [1.29, 1.82) is 0 Å². The molecule has 0 aliphatic carbocycles. The molecule has 96 valence electrons. The quantitative estimate of drug-likeness (QED) is 0.822. The molecule has 1 rings (SSSR count). The summed E-state index contributed by atoms with van der Waals surface area (Å²) in [5.41, 5.74) is 5.18. The van der Waals surface area contributed by atoms with Gasteiger partial charge in [-0.05, 0) is 17.5 Å². The van der Waals surface area contributed by atoms with Gasteiger partial charge in [-0.1, -0.05) is 27.7 Å². The van der Waals surface area contributed by atoms with Gasteiger partial charge < -0.3 is 10.2 Å². The molecule has 0 aliphatic rings. The minimum absolute atomic E-state index is 0.202. The number of rotatable bonds is 5. The molecule has 0 spiro atoms. The van der Waals surface area contributed by atoms with Gasteiger partial charge in [-0.15, -0.1) is 0 Å². The second-order valence-corrected chi connectivity index (χ2v) is 5.30. The first-order chi connectivity index (χ1) is 7.84. The van der Waals surface area contributed by atoms with Crippen molar-refractivity contribution < 1.29 is 9.21 Å². The van der Waals surface area contributed by atoms with Crippen molar-refractivity contribution in [3.8, 4) is 0 Å². The van der Waals surface area contributed by atoms with Crippen molar-refractivity contribution in [3.05, 3.63) is 23.7 Å². The summed E-state index contributed by atoms with van der Waals surface area (Å²) in [6.07, 6.45) is 0.874. The predicted octanol–water partition coefficient (Wildman–Crippen LogP) is 1.83. The van der Waals surface area contributed by atoms with Crippen molar-refractivity contribution in [3.63, 3.8) is 0 Å². The van der Waals surface area contributed by atoms with E-state index in [9.17, 15) is 4.79 Å². The molecule has 0 bridgehead atoms. The number of aryl methyl sites for hydroxylation is 1.